The molecule has 0 bridgehead atoms. The molecule has 6 atom stereocenters. The molecule has 0 saturated carbocycles. The van der Waals surface area contributed by atoms with Gasteiger partial charge in [0, 0.05) is 18.5 Å². The Hall–Kier alpha value is -3.30. The minimum Gasteiger partial charge on any atom is -0.453 e. The van der Waals surface area contributed by atoms with Crippen molar-refractivity contribution >= 4 is 19.5 Å². The smallest absolute Gasteiger partial charge is 0.453 e. The summed E-state index contributed by atoms with van der Waals surface area (Å²) in [6.07, 6.45) is -10.4. The second kappa shape index (κ2) is 13.3. The Morgan fingerprint density at radius 1 is 1.19 bits per heavy atom. The number of aliphatic hydroxyl groups is 1. The lowest BCUT2D eigenvalue weighted by Gasteiger charge is -2.25. The molecule has 1 saturated heterocycles. The normalized spacial score (nSPS) is 21.9. The zero-order chi connectivity index (χ0) is 31.4. The van der Waals surface area contributed by atoms with Crippen molar-refractivity contribution in [2.45, 2.75) is 70.9 Å². The lowest BCUT2D eigenvalue weighted by atomic mass is 10.1. The van der Waals surface area contributed by atoms with Crippen molar-refractivity contribution in [1.29, 1.82) is 0 Å². The average Bonchev–Trinajstić information content (AvgIpc) is 3.26. The summed E-state index contributed by atoms with van der Waals surface area (Å²) in [6.45, 7) is 5.29. The van der Waals surface area contributed by atoms with Crippen LogP contribution in [0.25, 0.3) is 0 Å². The van der Waals surface area contributed by atoms with Gasteiger partial charge < -0.3 is 19.1 Å². The number of nitrogens with zero attached hydrogens (tertiary/aromatic N) is 1. The molecule has 2 heterocycles. The molecular formula is C25H31F3N3O10P. The van der Waals surface area contributed by atoms with E-state index in [9.17, 15) is 42.0 Å². The maximum Gasteiger partial charge on any atom is 0.459 e. The first-order chi connectivity index (χ1) is 19.5. The summed E-state index contributed by atoms with van der Waals surface area (Å²) in [6, 6.07) is 6.38. The molecule has 232 valence electrons. The second-order valence-electron chi connectivity index (χ2n) is 9.82. The standard InChI is InChI=1S/C25H31F3N3O10P/c1-13(2)21(33)15(4)39-23(35)14(3)30-42(37,41-16-8-6-5-7-9-16)38-12-19-18(32)10-20(40-19)31-11-17(25(26,27)28)22(34)29-24(31)36/h5-9,11,13-15,18-20,32H,10,12H2,1-4H3,(H,30,37)(H,29,34,36)/t14-,15-,18-,19+,20+,42-/m0/s1. The molecule has 17 heteroatoms. The Labute approximate surface area is 237 Å². The number of ketones is 1. The van der Waals surface area contributed by atoms with E-state index in [1.165, 1.54) is 26.0 Å². The van der Waals surface area contributed by atoms with Gasteiger partial charge in [0.2, 0.25) is 0 Å². The predicted octanol–water partition coefficient (Wildman–Crippen LogP) is 2.54. The molecular weight excluding hydrogens is 590 g/mol. The van der Waals surface area contributed by atoms with Gasteiger partial charge in [-0.05, 0) is 26.0 Å². The van der Waals surface area contributed by atoms with E-state index in [-0.39, 0.29) is 24.2 Å². The van der Waals surface area contributed by atoms with E-state index in [2.05, 4.69) is 5.09 Å². The molecule has 0 radical (unpaired) electrons. The van der Waals surface area contributed by atoms with Crippen LogP contribution in [0.5, 0.6) is 5.75 Å². The zero-order valence-corrected chi connectivity index (χ0v) is 23.9. The molecule has 3 rings (SSSR count). The van der Waals surface area contributed by atoms with Gasteiger partial charge >= 0.3 is 25.6 Å². The van der Waals surface area contributed by atoms with Crippen LogP contribution in [0.1, 0.15) is 45.9 Å². The van der Waals surface area contributed by atoms with E-state index in [1.54, 1.807) is 37.0 Å². The molecule has 1 aromatic heterocycles. The van der Waals surface area contributed by atoms with Crippen LogP contribution in [0.15, 0.2) is 46.1 Å². The number of halogens is 3. The van der Waals surface area contributed by atoms with Crippen molar-refractivity contribution in [3.05, 3.63) is 62.9 Å². The quantitative estimate of drug-likeness (QED) is 0.235. The third kappa shape index (κ3) is 8.38. The van der Waals surface area contributed by atoms with Crippen molar-refractivity contribution in [2.24, 2.45) is 5.92 Å². The summed E-state index contributed by atoms with van der Waals surface area (Å²) in [4.78, 5) is 50.1. The van der Waals surface area contributed by atoms with Gasteiger partial charge in [-0.15, -0.1) is 0 Å². The number of benzene rings is 1. The average molecular weight is 622 g/mol. The van der Waals surface area contributed by atoms with Crippen LogP contribution >= 0.6 is 7.75 Å². The van der Waals surface area contributed by atoms with Crippen molar-refractivity contribution in [3.8, 4) is 5.75 Å². The van der Waals surface area contributed by atoms with Crippen LogP contribution in [-0.4, -0.2) is 57.4 Å². The van der Waals surface area contributed by atoms with Crippen molar-refractivity contribution < 1.29 is 51.0 Å². The molecule has 3 N–H and O–H groups in total. The molecule has 0 amide bonds. The number of rotatable bonds is 12. The van der Waals surface area contributed by atoms with E-state index in [0.29, 0.717) is 4.57 Å². The first kappa shape index (κ1) is 33.2. The highest BCUT2D eigenvalue weighted by Crippen LogP contribution is 2.46. The number of carbonyl (C=O) groups is 2. The maximum atomic E-state index is 13.7. The highest BCUT2D eigenvalue weighted by atomic mass is 31.2. The Morgan fingerprint density at radius 3 is 2.43 bits per heavy atom. The van der Waals surface area contributed by atoms with Crippen molar-refractivity contribution in [1.82, 2.24) is 14.6 Å². The third-order valence-electron chi connectivity index (χ3n) is 6.13. The number of nitrogens with one attached hydrogen (secondary N) is 2. The van der Waals surface area contributed by atoms with Gasteiger partial charge in [0.1, 0.15) is 29.7 Å². The van der Waals surface area contributed by atoms with E-state index in [1.807, 2.05) is 0 Å². The van der Waals surface area contributed by atoms with Crippen LogP contribution < -0.4 is 20.9 Å². The first-order valence-corrected chi connectivity index (χ1v) is 14.3. The summed E-state index contributed by atoms with van der Waals surface area (Å²) < 4.78 is 75.4. The van der Waals surface area contributed by atoms with E-state index >= 15 is 0 Å². The molecule has 0 unspecified atom stereocenters. The molecule has 1 fully saturated rings. The van der Waals surface area contributed by atoms with Crippen LogP contribution in [-0.2, 0) is 34.3 Å². The number of aromatic nitrogens is 2. The molecule has 13 nitrogen and oxygen atoms in total. The number of aliphatic hydroxyl groups excluding tert-OH is 1. The van der Waals surface area contributed by atoms with Gasteiger partial charge in [-0.3, -0.25) is 28.5 Å². The molecule has 1 aromatic carbocycles. The Kier molecular flexibility index (Phi) is 10.5. The number of para-hydroxylation sites is 1. The van der Waals surface area contributed by atoms with Crippen LogP contribution in [0.2, 0.25) is 0 Å². The lowest BCUT2D eigenvalue weighted by molar-refractivity contribution is -0.156. The highest BCUT2D eigenvalue weighted by Gasteiger charge is 2.41. The second-order valence-corrected chi connectivity index (χ2v) is 11.5. The molecule has 1 aliphatic heterocycles. The number of H-pyrrole nitrogens is 1. The topological polar surface area (TPSA) is 175 Å². The monoisotopic (exact) mass is 621 g/mol. The fraction of sp³-hybridized carbons (Fsp3) is 0.520. The number of ether oxygens (including phenoxy) is 2. The molecule has 0 aliphatic carbocycles. The van der Waals surface area contributed by atoms with Crippen molar-refractivity contribution in [2.75, 3.05) is 6.61 Å². The number of aromatic amines is 1. The molecule has 2 aromatic rings. The Bertz CT molecular complexity index is 1430. The van der Waals surface area contributed by atoms with Gasteiger partial charge in [-0.1, -0.05) is 32.0 Å². The minimum atomic E-state index is -5.06. The molecule has 0 spiro atoms. The van der Waals surface area contributed by atoms with Crippen LogP contribution in [0.3, 0.4) is 0 Å². The highest BCUT2D eigenvalue weighted by molar-refractivity contribution is 7.52. The Morgan fingerprint density at radius 2 is 1.83 bits per heavy atom. The lowest BCUT2D eigenvalue weighted by Crippen LogP contribution is -2.39. The van der Waals surface area contributed by atoms with E-state index in [0.717, 1.165) is 0 Å². The van der Waals surface area contributed by atoms with Crippen LogP contribution in [0, 0.1) is 5.92 Å². The SMILES string of the molecule is CC(C)C(=O)[C@H](C)OC(=O)[C@H](C)N[P@](=O)(OC[C@H]1O[C@@H](n2cc(C(F)(F)F)c(=O)[nH]c2=O)C[C@@H]1O)Oc1ccccc1. The number of carbonyl (C=O) groups excluding carboxylic acids is 2. The minimum absolute atomic E-state index is 0.0718. The third-order valence-corrected chi connectivity index (χ3v) is 7.78. The van der Waals surface area contributed by atoms with Gasteiger partial charge in [0.25, 0.3) is 5.56 Å². The fourth-order valence-electron chi connectivity index (χ4n) is 3.91. The number of esters is 1. The zero-order valence-electron chi connectivity index (χ0n) is 23.0. The van der Waals surface area contributed by atoms with E-state index < -0.39 is 79.8 Å². The number of Topliss-reactive ketones (excluding diaryl/α,β-unsaturated/α-hetero) is 1. The first-order valence-electron chi connectivity index (χ1n) is 12.8. The summed E-state index contributed by atoms with van der Waals surface area (Å²) >= 11 is 0. The molecule has 1 aliphatic rings. The number of hydrogen-bond donors (Lipinski definition) is 3. The summed E-state index contributed by atoms with van der Waals surface area (Å²) in [5.74, 6) is -1.60. The van der Waals surface area contributed by atoms with Gasteiger partial charge in [0.05, 0.1) is 12.7 Å². The van der Waals surface area contributed by atoms with Gasteiger partial charge in [-0.2, -0.15) is 18.3 Å². The van der Waals surface area contributed by atoms with Gasteiger partial charge in [-0.25, -0.2) is 9.36 Å². The van der Waals surface area contributed by atoms with Crippen molar-refractivity contribution in [3.63, 3.8) is 0 Å². The largest absolute Gasteiger partial charge is 0.459 e. The van der Waals surface area contributed by atoms with Gasteiger partial charge in [0.15, 0.2) is 11.9 Å². The summed E-state index contributed by atoms with van der Waals surface area (Å²) in [5.41, 5.74) is -4.48. The summed E-state index contributed by atoms with van der Waals surface area (Å²) in [5, 5.41) is 12.9. The summed E-state index contributed by atoms with van der Waals surface area (Å²) in [7, 11) is -4.45. The Balaban J connectivity index is 1.76. The number of alkyl halides is 3. The molecule has 42 heavy (non-hydrogen) atoms. The number of hydrogen-bond acceptors (Lipinski definition) is 10. The fourth-order valence-corrected chi connectivity index (χ4v) is 5.41. The van der Waals surface area contributed by atoms with Crippen LogP contribution in [0.4, 0.5) is 13.2 Å². The van der Waals surface area contributed by atoms with E-state index in [4.69, 9.17) is 18.5 Å². The predicted molar refractivity (Wildman–Crippen MR) is 139 cm³/mol. The maximum absolute atomic E-state index is 13.7.